The maximum atomic E-state index is 9.15. The van der Waals surface area contributed by atoms with E-state index >= 15 is 0 Å². The number of hydrogen-bond acceptors (Lipinski definition) is 6. The van der Waals surface area contributed by atoms with E-state index in [2.05, 4.69) is 15.3 Å². The van der Waals surface area contributed by atoms with Crippen LogP contribution in [0.15, 0.2) is 6.33 Å². The number of aliphatic hydroxyl groups is 1. The molecule has 0 aliphatic carbocycles. The number of hydrogen-bond donors (Lipinski definition) is 3. The molecule has 0 spiro atoms. The van der Waals surface area contributed by atoms with Crippen molar-refractivity contribution in [3.63, 3.8) is 0 Å². The molecule has 7 heteroatoms. The fourth-order valence-electron chi connectivity index (χ4n) is 1.23. The molecule has 1 aromatic rings. The zero-order valence-corrected chi connectivity index (χ0v) is 10.7. The Kier molecular flexibility index (Phi) is 5.11. The number of anilines is 2. The zero-order chi connectivity index (χ0) is 12.1. The summed E-state index contributed by atoms with van der Waals surface area (Å²) in [4.78, 5) is 7.77. The Morgan fingerprint density at radius 3 is 2.88 bits per heavy atom. The highest BCUT2D eigenvalue weighted by molar-refractivity contribution is 7.99. The van der Waals surface area contributed by atoms with Gasteiger partial charge in [-0.05, 0) is 13.2 Å². The number of aromatic nitrogens is 2. The molecular weight excluding hydrogens is 248 g/mol. The monoisotopic (exact) mass is 262 g/mol. The molecule has 1 rings (SSSR count). The molecule has 2 atom stereocenters. The zero-order valence-electron chi connectivity index (χ0n) is 9.14. The average Bonchev–Trinajstić information content (AvgIpc) is 2.26. The van der Waals surface area contributed by atoms with E-state index in [0.29, 0.717) is 11.5 Å². The number of thioether (sulfide) groups is 1. The summed E-state index contributed by atoms with van der Waals surface area (Å²) in [6, 6.07) is 0.0354. The number of nitrogens with two attached hydrogens (primary N) is 1. The van der Waals surface area contributed by atoms with Crippen LogP contribution in [0.3, 0.4) is 0 Å². The van der Waals surface area contributed by atoms with Gasteiger partial charge in [-0.2, -0.15) is 11.8 Å². The Morgan fingerprint density at radius 1 is 1.62 bits per heavy atom. The Balaban J connectivity index is 2.76. The van der Waals surface area contributed by atoms with Crippen molar-refractivity contribution in [2.45, 2.75) is 18.2 Å². The van der Waals surface area contributed by atoms with Gasteiger partial charge >= 0.3 is 0 Å². The molecule has 0 bridgehead atoms. The number of aliphatic hydroxyl groups excluding tert-OH is 1. The van der Waals surface area contributed by atoms with E-state index < -0.39 is 0 Å². The van der Waals surface area contributed by atoms with Gasteiger partial charge in [0.15, 0.2) is 11.0 Å². The SMILES string of the molecule is CSC(CO)C(C)Nc1ncnc(Cl)c1N. The molecular formula is C9H15ClN4OS. The normalized spacial score (nSPS) is 14.5. The lowest BCUT2D eigenvalue weighted by Gasteiger charge is -2.22. The summed E-state index contributed by atoms with van der Waals surface area (Å²) in [6.45, 7) is 2.04. The summed E-state index contributed by atoms with van der Waals surface area (Å²) in [5.74, 6) is 0.500. The van der Waals surface area contributed by atoms with E-state index in [9.17, 15) is 0 Å². The second kappa shape index (κ2) is 6.12. The van der Waals surface area contributed by atoms with Crippen molar-refractivity contribution < 1.29 is 5.11 Å². The van der Waals surface area contributed by atoms with Crippen molar-refractivity contribution in [2.24, 2.45) is 0 Å². The second-order valence-electron chi connectivity index (χ2n) is 3.32. The molecule has 1 aromatic heterocycles. The molecule has 0 aliphatic heterocycles. The fraction of sp³-hybridized carbons (Fsp3) is 0.556. The number of nitrogen functional groups attached to an aromatic ring is 1. The molecule has 0 fully saturated rings. The van der Waals surface area contributed by atoms with Gasteiger partial charge in [0.05, 0.1) is 6.61 Å². The Bertz CT molecular complexity index is 348. The molecule has 0 saturated heterocycles. The van der Waals surface area contributed by atoms with Gasteiger partial charge < -0.3 is 16.2 Å². The number of nitrogens with one attached hydrogen (secondary N) is 1. The Hall–Kier alpha value is -0.720. The summed E-state index contributed by atoms with van der Waals surface area (Å²) in [5, 5.41) is 12.6. The standard InChI is InChI=1S/C9H15ClN4OS/c1-5(6(3-15)16-2)14-9-7(11)8(10)12-4-13-9/h4-6,15H,3,11H2,1-2H3,(H,12,13,14). The van der Waals surface area contributed by atoms with Crippen molar-refractivity contribution in [2.75, 3.05) is 23.9 Å². The third-order valence-electron chi connectivity index (χ3n) is 2.24. The third kappa shape index (κ3) is 3.13. The van der Waals surface area contributed by atoms with Crippen LogP contribution in [0.5, 0.6) is 0 Å². The fourth-order valence-corrected chi connectivity index (χ4v) is 1.99. The largest absolute Gasteiger partial charge is 0.395 e. The van der Waals surface area contributed by atoms with E-state index in [1.165, 1.54) is 6.33 Å². The van der Waals surface area contributed by atoms with Crippen molar-refractivity contribution in [3.05, 3.63) is 11.5 Å². The predicted octanol–water partition coefficient (Wildman–Crippen LogP) is 1.24. The third-order valence-corrected chi connectivity index (χ3v) is 3.70. The molecule has 1 heterocycles. The minimum Gasteiger partial charge on any atom is -0.395 e. The highest BCUT2D eigenvalue weighted by atomic mass is 35.5. The smallest absolute Gasteiger partial charge is 0.157 e. The van der Waals surface area contributed by atoms with Gasteiger partial charge in [-0.25, -0.2) is 9.97 Å². The molecule has 5 nitrogen and oxygen atoms in total. The minimum atomic E-state index is 0.0354. The van der Waals surface area contributed by atoms with Crippen LogP contribution in [0.4, 0.5) is 11.5 Å². The van der Waals surface area contributed by atoms with Crippen LogP contribution in [0.2, 0.25) is 5.15 Å². The van der Waals surface area contributed by atoms with E-state index in [1.54, 1.807) is 11.8 Å². The van der Waals surface area contributed by atoms with E-state index in [0.717, 1.165) is 0 Å². The van der Waals surface area contributed by atoms with Gasteiger partial charge in [-0.1, -0.05) is 11.6 Å². The quantitative estimate of drug-likeness (QED) is 0.693. The van der Waals surface area contributed by atoms with E-state index in [1.807, 2.05) is 13.2 Å². The first kappa shape index (κ1) is 13.3. The van der Waals surface area contributed by atoms with Crippen LogP contribution in [0.25, 0.3) is 0 Å². The maximum Gasteiger partial charge on any atom is 0.157 e. The number of halogens is 1. The van der Waals surface area contributed by atoms with E-state index in [-0.39, 0.29) is 23.1 Å². The van der Waals surface area contributed by atoms with Gasteiger partial charge in [-0.15, -0.1) is 0 Å². The van der Waals surface area contributed by atoms with Gasteiger partial charge in [0, 0.05) is 11.3 Å². The molecule has 0 saturated carbocycles. The lowest BCUT2D eigenvalue weighted by atomic mass is 10.2. The molecule has 0 amide bonds. The van der Waals surface area contributed by atoms with Gasteiger partial charge in [0.1, 0.15) is 12.0 Å². The Labute approximate surface area is 104 Å². The average molecular weight is 263 g/mol. The topological polar surface area (TPSA) is 84.1 Å². The van der Waals surface area contributed by atoms with Gasteiger partial charge in [0.25, 0.3) is 0 Å². The lowest BCUT2D eigenvalue weighted by molar-refractivity contribution is 0.288. The first-order chi connectivity index (χ1) is 7.60. The number of nitrogens with zero attached hydrogens (tertiary/aromatic N) is 2. The first-order valence-corrected chi connectivity index (χ1v) is 6.42. The molecule has 0 aromatic carbocycles. The van der Waals surface area contributed by atoms with E-state index in [4.69, 9.17) is 22.4 Å². The van der Waals surface area contributed by atoms with Crippen molar-refractivity contribution in [1.82, 2.24) is 9.97 Å². The van der Waals surface area contributed by atoms with Crippen molar-refractivity contribution in [3.8, 4) is 0 Å². The Morgan fingerprint density at radius 2 is 2.31 bits per heavy atom. The van der Waals surface area contributed by atoms with Crippen LogP contribution in [0, 0.1) is 0 Å². The van der Waals surface area contributed by atoms with Crippen LogP contribution in [-0.4, -0.2) is 39.2 Å². The minimum absolute atomic E-state index is 0.0354. The molecule has 4 N–H and O–H groups in total. The summed E-state index contributed by atoms with van der Waals surface area (Å²) in [6.07, 6.45) is 3.29. The van der Waals surface area contributed by atoms with Crippen LogP contribution in [0.1, 0.15) is 6.92 Å². The molecule has 90 valence electrons. The maximum absolute atomic E-state index is 9.15. The predicted molar refractivity (Wildman–Crippen MR) is 68.9 cm³/mol. The highest BCUT2D eigenvalue weighted by Crippen LogP contribution is 2.24. The summed E-state index contributed by atoms with van der Waals surface area (Å²) >= 11 is 7.35. The summed E-state index contributed by atoms with van der Waals surface area (Å²) < 4.78 is 0. The summed E-state index contributed by atoms with van der Waals surface area (Å²) in [5.41, 5.74) is 6.05. The van der Waals surface area contributed by atoms with Gasteiger partial charge in [0.2, 0.25) is 0 Å². The first-order valence-electron chi connectivity index (χ1n) is 4.76. The molecule has 0 aliphatic rings. The van der Waals surface area contributed by atoms with Crippen molar-refractivity contribution in [1.29, 1.82) is 0 Å². The lowest BCUT2D eigenvalue weighted by Crippen LogP contribution is -2.31. The van der Waals surface area contributed by atoms with Crippen LogP contribution < -0.4 is 11.1 Å². The second-order valence-corrected chi connectivity index (χ2v) is 4.75. The molecule has 16 heavy (non-hydrogen) atoms. The van der Waals surface area contributed by atoms with Gasteiger partial charge in [-0.3, -0.25) is 0 Å². The van der Waals surface area contributed by atoms with Crippen molar-refractivity contribution >= 4 is 34.9 Å². The highest BCUT2D eigenvalue weighted by Gasteiger charge is 2.17. The van der Waals surface area contributed by atoms with Crippen LogP contribution in [-0.2, 0) is 0 Å². The number of rotatable bonds is 5. The molecule has 0 radical (unpaired) electrons. The molecule has 2 unspecified atom stereocenters. The summed E-state index contributed by atoms with van der Waals surface area (Å²) in [7, 11) is 0. The van der Waals surface area contributed by atoms with Crippen LogP contribution >= 0.6 is 23.4 Å².